The minimum atomic E-state index is -0.555. The van der Waals surface area contributed by atoms with Crippen molar-refractivity contribution in [3.05, 3.63) is 62.1 Å². The van der Waals surface area contributed by atoms with Gasteiger partial charge in [0, 0.05) is 31.1 Å². The highest BCUT2D eigenvalue weighted by Gasteiger charge is 2.17. The molecule has 1 aromatic carbocycles. The van der Waals surface area contributed by atoms with Crippen molar-refractivity contribution in [2.24, 2.45) is 0 Å². The van der Waals surface area contributed by atoms with Crippen LogP contribution in [0.1, 0.15) is 11.1 Å². The fourth-order valence-corrected chi connectivity index (χ4v) is 2.03. The summed E-state index contributed by atoms with van der Waals surface area (Å²) in [5.41, 5.74) is 1.86. The molecule has 0 aliphatic heterocycles. The van der Waals surface area contributed by atoms with E-state index in [1.807, 2.05) is 13.0 Å². The summed E-state index contributed by atoms with van der Waals surface area (Å²) in [5, 5.41) is 13.9. The Hall–Kier alpha value is -2.02. The van der Waals surface area contributed by atoms with E-state index in [1.54, 1.807) is 12.4 Å². The number of halogens is 2. The average molecular weight is 340 g/mol. The molecule has 0 bridgehead atoms. The van der Waals surface area contributed by atoms with Crippen LogP contribution in [0.15, 0.2) is 35.1 Å². The minimum absolute atomic E-state index is 0.0623. The lowest BCUT2D eigenvalue weighted by Crippen LogP contribution is -2.05. The number of hydrogen-bond acceptors (Lipinski definition) is 4. The lowest BCUT2D eigenvalue weighted by molar-refractivity contribution is -0.384. The first kappa shape index (κ1) is 14.4. The van der Waals surface area contributed by atoms with E-state index in [9.17, 15) is 14.5 Å². The Labute approximate surface area is 123 Å². The van der Waals surface area contributed by atoms with Gasteiger partial charge in [0.2, 0.25) is 0 Å². The second-order valence-corrected chi connectivity index (χ2v) is 5.05. The molecule has 20 heavy (non-hydrogen) atoms. The zero-order valence-electron chi connectivity index (χ0n) is 10.6. The molecule has 0 spiro atoms. The van der Waals surface area contributed by atoms with E-state index in [0.29, 0.717) is 6.54 Å². The fraction of sp³-hybridized carbons (Fsp3) is 0.154. The van der Waals surface area contributed by atoms with Gasteiger partial charge in [0.15, 0.2) is 0 Å². The number of nitrogens with one attached hydrogen (secondary N) is 1. The van der Waals surface area contributed by atoms with E-state index in [2.05, 4.69) is 26.2 Å². The molecule has 0 unspecified atom stereocenters. The lowest BCUT2D eigenvalue weighted by atomic mass is 10.1. The molecule has 0 saturated heterocycles. The number of rotatable bonds is 4. The summed E-state index contributed by atoms with van der Waals surface area (Å²) >= 11 is 2.94. The van der Waals surface area contributed by atoms with Gasteiger partial charge in [-0.3, -0.25) is 15.1 Å². The maximum absolute atomic E-state index is 13.5. The van der Waals surface area contributed by atoms with E-state index >= 15 is 0 Å². The van der Waals surface area contributed by atoms with Crippen LogP contribution in [-0.4, -0.2) is 9.91 Å². The van der Waals surface area contributed by atoms with Crippen molar-refractivity contribution in [3.8, 4) is 0 Å². The summed E-state index contributed by atoms with van der Waals surface area (Å²) in [6, 6.07) is 4.09. The Morgan fingerprint density at radius 1 is 1.50 bits per heavy atom. The number of hydrogen-bond donors (Lipinski definition) is 1. The number of aromatic nitrogens is 1. The van der Waals surface area contributed by atoms with E-state index in [1.165, 1.54) is 0 Å². The van der Waals surface area contributed by atoms with Gasteiger partial charge in [-0.1, -0.05) is 0 Å². The van der Waals surface area contributed by atoms with Gasteiger partial charge in [-0.2, -0.15) is 0 Å². The molecule has 0 atom stereocenters. The number of pyridine rings is 1. The van der Waals surface area contributed by atoms with E-state index in [-0.39, 0.29) is 15.8 Å². The molecule has 1 aromatic heterocycles. The predicted octanol–water partition coefficient (Wildman–Crippen LogP) is 3.81. The largest absolute Gasteiger partial charge is 0.375 e. The van der Waals surface area contributed by atoms with Crippen LogP contribution in [-0.2, 0) is 6.54 Å². The molecule has 0 saturated carbocycles. The summed E-state index contributed by atoms with van der Waals surface area (Å²) < 4.78 is 13.6. The van der Waals surface area contributed by atoms with Crippen LogP contribution >= 0.6 is 15.9 Å². The second kappa shape index (κ2) is 5.96. The third kappa shape index (κ3) is 3.11. The monoisotopic (exact) mass is 339 g/mol. The van der Waals surface area contributed by atoms with Gasteiger partial charge >= 0.3 is 0 Å². The number of nitrogens with zero attached hydrogens (tertiary/aromatic N) is 2. The Kier molecular flexibility index (Phi) is 4.29. The van der Waals surface area contributed by atoms with Crippen LogP contribution in [0.3, 0.4) is 0 Å². The minimum Gasteiger partial charge on any atom is -0.375 e. The molecule has 104 valence electrons. The summed E-state index contributed by atoms with van der Waals surface area (Å²) in [5.74, 6) is -0.555. The van der Waals surface area contributed by atoms with Crippen molar-refractivity contribution in [1.29, 1.82) is 0 Å². The number of nitro benzene ring substituents is 1. The van der Waals surface area contributed by atoms with Gasteiger partial charge in [-0.25, -0.2) is 4.39 Å². The highest BCUT2D eigenvalue weighted by Crippen LogP contribution is 2.30. The van der Waals surface area contributed by atoms with Crippen LogP contribution in [0.2, 0.25) is 0 Å². The molecule has 1 heterocycles. The van der Waals surface area contributed by atoms with E-state index in [4.69, 9.17) is 0 Å². The summed E-state index contributed by atoms with van der Waals surface area (Å²) in [4.78, 5) is 14.4. The number of aryl methyl sites for hydroxylation is 1. The number of benzene rings is 1. The van der Waals surface area contributed by atoms with Crippen molar-refractivity contribution in [1.82, 2.24) is 4.98 Å². The Morgan fingerprint density at radius 2 is 2.25 bits per heavy atom. The van der Waals surface area contributed by atoms with Crippen LogP contribution < -0.4 is 5.32 Å². The topological polar surface area (TPSA) is 68.1 Å². The predicted molar refractivity (Wildman–Crippen MR) is 77.1 cm³/mol. The fourth-order valence-electron chi connectivity index (χ4n) is 1.70. The molecule has 2 rings (SSSR count). The average Bonchev–Trinajstić information content (AvgIpc) is 2.41. The standard InChI is InChI=1S/C13H11BrFN3O2/c1-8-2-3-16-6-9(8)7-17-12-5-11(15)10(14)4-13(12)18(19)20/h2-6,17H,7H2,1H3. The number of anilines is 1. The van der Waals surface area contributed by atoms with E-state index in [0.717, 1.165) is 23.3 Å². The van der Waals surface area contributed by atoms with Crippen LogP contribution in [0.5, 0.6) is 0 Å². The van der Waals surface area contributed by atoms with Gasteiger partial charge in [-0.05, 0) is 40.0 Å². The van der Waals surface area contributed by atoms with Crippen molar-refractivity contribution >= 4 is 27.3 Å². The molecule has 2 aromatic rings. The Bertz CT molecular complexity index is 664. The van der Waals surface area contributed by atoms with Crippen molar-refractivity contribution < 1.29 is 9.31 Å². The molecule has 0 aliphatic carbocycles. The number of nitro groups is 1. The Morgan fingerprint density at radius 3 is 2.90 bits per heavy atom. The third-order valence-corrected chi connectivity index (χ3v) is 3.46. The highest BCUT2D eigenvalue weighted by molar-refractivity contribution is 9.10. The normalized spacial score (nSPS) is 10.3. The quantitative estimate of drug-likeness (QED) is 0.679. The van der Waals surface area contributed by atoms with Crippen LogP contribution in [0.25, 0.3) is 0 Å². The zero-order valence-corrected chi connectivity index (χ0v) is 12.1. The molecule has 5 nitrogen and oxygen atoms in total. The first-order valence-corrected chi connectivity index (χ1v) is 6.55. The van der Waals surface area contributed by atoms with Crippen molar-refractivity contribution in [2.45, 2.75) is 13.5 Å². The summed E-state index contributed by atoms with van der Waals surface area (Å²) in [7, 11) is 0. The van der Waals surface area contributed by atoms with Gasteiger partial charge in [-0.15, -0.1) is 0 Å². The maximum Gasteiger partial charge on any atom is 0.293 e. The van der Waals surface area contributed by atoms with Crippen LogP contribution in [0, 0.1) is 22.9 Å². The van der Waals surface area contributed by atoms with Gasteiger partial charge < -0.3 is 5.32 Å². The van der Waals surface area contributed by atoms with Crippen LogP contribution in [0.4, 0.5) is 15.8 Å². The smallest absolute Gasteiger partial charge is 0.293 e. The summed E-state index contributed by atoms with van der Waals surface area (Å²) in [6.45, 7) is 2.25. The second-order valence-electron chi connectivity index (χ2n) is 4.20. The molecule has 7 heteroatoms. The van der Waals surface area contributed by atoms with Gasteiger partial charge in [0.05, 0.1) is 9.40 Å². The third-order valence-electron chi connectivity index (χ3n) is 2.85. The van der Waals surface area contributed by atoms with Gasteiger partial charge in [0.25, 0.3) is 5.69 Å². The molecule has 0 fully saturated rings. The maximum atomic E-state index is 13.5. The molecule has 0 amide bonds. The first-order valence-electron chi connectivity index (χ1n) is 5.76. The van der Waals surface area contributed by atoms with Crippen molar-refractivity contribution in [2.75, 3.05) is 5.32 Å². The SMILES string of the molecule is Cc1ccncc1CNc1cc(F)c(Br)cc1[N+](=O)[O-]. The summed E-state index contributed by atoms with van der Waals surface area (Å²) in [6.07, 6.45) is 3.34. The highest BCUT2D eigenvalue weighted by atomic mass is 79.9. The molecule has 0 aliphatic rings. The Balaban J connectivity index is 2.27. The molecule has 1 N–H and O–H groups in total. The lowest BCUT2D eigenvalue weighted by Gasteiger charge is -2.09. The molecular formula is C13H11BrFN3O2. The molecular weight excluding hydrogens is 329 g/mol. The van der Waals surface area contributed by atoms with Gasteiger partial charge in [0.1, 0.15) is 11.5 Å². The first-order chi connectivity index (χ1) is 9.49. The zero-order chi connectivity index (χ0) is 14.7. The molecule has 0 radical (unpaired) electrons. The van der Waals surface area contributed by atoms with Crippen molar-refractivity contribution in [3.63, 3.8) is 0 Å². The van der Waals surface area contributed by atoms with E-state index < -0.39 is 10.7 Å².